The number of hydrogen-bond donors (Lipinski definition) is 0. The van der Waals surface area contributed by atoms with E-state index in [1.165, 1.54) is 0 Å². The molecule has 1 aliphatic carbocycles. The third-order valence-electron chi connectivity index (χ3n) is 6.36. The van der Waals surface area contributed by atoms with Gasteiger partial charge in [0.1, 0.15) is 17.9 Å². The Morgan fingerprint density at radius 2 is 1.97 bits per heavy atom. The van der Waals surface area contributed by atoms with Crippen LogP contribution in [0.15, 0.2) is 36.5 Å². The van der Waals surface area contributed by atoms with Gasteiger partial charge in [0.15, 0.2) is 0 Å². The number of aromatic nitrogens is 1. The van der Waals surface area contributed by atoms with Gasteiger partial charge in [0, 0.05) is 42.1 Å². The van der Waals surface area contributed by atoms with E-state index in [0.29, 0.717) is 28.4 Å². The fraction of sp³-hybridized carbons (Fsp3) is 0.435. The van der Waals surface area contributed by atoms with Gasteiger partial charge in [-0.3, -0.25) is 9.78 Å². The fourth-order valence-corrected chi connectivity index (χ4v) is 5.78. The second-order valence-corrected chi connectivity index (χ2v) is 9.45. The number of nitrogens with zero attached hydrogens (tertiary/aromatic N) is 3. The van der Waals surface area contributed by atoms with Crippen molar-refractivity contribution in [2.75, 3.05) is 6.54 Å². The maximum Gasteiger partial charge on any atom is 0.256 e. The molecule has 0 bridgehead atoms. The normalized spacial score (nSPS) is 24.3. The molecule has 1 amide bonds. The summed E-state index contributed by atoms with van der Waals surface area (Å²) in [4.78, 5) is 19.6. The molecule has 0 spiro atoms. The number of carbonyl (C=O) groups excluding carboxylic acids is 1. The Hall–Kier alpha value is -2.58. The highest BCUT2D eigenvalue weighted by Gasteiger charge is 2.66. The number of benzene rings is 1. The zero-order chi connectivity index (χ0) is 21.0. The molecule has 2 aromatic rings. The number of hydrogen-bond acceptors (Lipinski definition) is 4. The van der Waals surface area contributed by atoms with Crippen molar-refractivity contribution in [3.63, 3.8) is 0 Å². The molecule has 0 unspecified atom stereocenters. The van der Waals surface area contributed by atoms with Gasteiger partial charge in [-0.1, -0.05) is 39.3 Å². The maximum atomic E-state index is 13.2. The number of rotatable bonds is 3. The van der Waals surface area contributed by atoms with Crippen molar-refractivity contribution in [3.05, 3.63) is 58.4 Å². The van der Waals surface area contributed by atoms with Crippen LogP contribution >= 0.6 is 11.6 Å². The topological polar surface area (TPSA) is 66.2 Å². The molecule has 150 valence electrons. The minimum Gasteiger partial charge on any atom is -0.489 e. The van der Waals surface area contributed by atoms with Crippen molar-refractivity contribution in [1.29, 1.82) is 5.26 Å². The van der Waals surface area contributed by atoms with Gasteiger partial charge < -0.3 is 9.64 Å². The molecule has 0 saturated heterocycles. The van der Waals surface area contributed by atoms with Crippen molar-refractivity contribution in [1.82, 2.24) is 9.88 Å². The van der Waals surface area contributed by atoms with Gasteiger partial charge >= 0.3 is 0 Å². The molecule has 1 aromatic carbocycles. The van der Waals surface area contributed by atoms with E-state index in [2.05, 4.69) is 38.7 Å². The molecule has 1 saturated carbocycles. The molecule has 0 atom stereocenters. The predicted octanol–water partition coefficient (Wildman–Crippen LogP) is 4.49. The zero-order valence-corrected chi connectivity index (χ0v) is 17.8. The lowest BCUT2D eigenvalue weighted by atomic mass is 9.48. The molecule has 4 rings (SSSR count). The van der Waals surface area contributed by atoms with Gasteiger partial charge in [0.2, 0.25) is 0 Å². The molecule has 1 aromatic heterocycles. The number of pyridine rings is 1. The van der Waals surface area contributed by atoms with E-state index in [1.807, 2.05) is 17.0 Å². The lowest BCUT2D eigenvalue weighted by Crippen LogP contribution is -2.75. The third-order valence-corrected chi connectivity index (χ3v) is 6.67. The summed E-state index contributed by atoms with van der Waals surface area (Å²) in [5.41, 5.74) is 1.51. The summed E-state index contributed by atoms with van der Waals surface area (Å²) in [6, 6.07) is 10.9. The van der Waals surface area contributed by atoms with Gasteiger partial charge in [-0.15, -0.1) is 0 Å². The van der Waals surface area contributed by atoms with Crippen molar-refractivity contribution < 1.29 is 9.53 Å². The fourth-order valence-electron chi connectivity index (χ4n) is 5.57. The number of carbonyl (C=O) groups is 1. The number of halogens is 1. The average Bonchev–Trinajstić information content (AvgIpc) is 2.68. The van der Waals surface area contributed by atoms with Crippen molar-refractivity contribution in [2.45, 2.75) is 46.3 Å². The second-order valence-electron chi connectivity index (χ2n) is 9.04. The molecule has 1 fully saturated rings. The summed E-state index contributed by atoms with van der Waals surface area (Å²) in [5, 5.41) is 9.45. The first-order valence-corrected chi connectivity index (χ1v) is 10.2. The molecule has 29 heavy (non-hydrogen) atoms. The monoisotopic (exact) mass is 409 g/mol. The lowest BCUT2D eigenvalue weighted by molar-refractivity contribution is -0.199. The van der Waals surface area contributed by atoms with E-state index in [0.717, 1.165) is 12.1 Å². The second kappa shape index (κ2) is 6.74. The Morgan fingerprint density at radius 3 is 2.62 bits per heavy atom. The summed E-state index contributed by atoms with van der Waals surface area (Å²) >= 11 is 6.17. The highest BCUT2D eigenvalue weighted by atomic mass is 35.5. The predicted molar refractivity (Wildman–Crippen MR) is 111 cm³/mol. The molecular formula is C23H24ClN3O2. The molecule has 2 aliphatic rings. The van der Waals surface area contributed by atoms with Crippen molar-refractivity contribution in [2.24, 2.45) is 10.8 Å². The van der Waals surface area contributed by atoms with Crippen LogP contribution in [0.1, 0.15) is 49.3 Å². The summed E-state index contributed by atoms with van der Waals surface area (Å²) in [7, 11) is 0. The Kier molecular flexibility index (Phi) is 4.59. The van der Waals surface area contributed by atoms with Gasteiger partial charge in [-0.25, -0.2) is 0 Å². The van der Waals surface area contributed by atoms with Gasteiger partial charge in [-0.2, -0.15) is 5.26 Å². The van der Waals surface area contributed by atoms with Crippen LogP contribution < -0.4 is 4.74 Å². The first-order valence-electron chi connectivity index (χ1n) is 9.79. The smallest absolute Gasteiger partial charge is 0.256 e. The van der Waals surface area contributed by atoms with Gasteiger partial charge in [0.05, 0.1) is 21.8 Å². The van der Waals surface area contributed by atoms with E-state index in [-0.39, 0.29) is 28.9 Å². The first kappa shape index (κ1) is 19.7. The highest BCUT2D eigenvalue weighted by Crippen LogP contribution is 2.58. The van der Waals surface area contributed by atoms with Crippen molar-refractivity contribution in [3.8, 4) is 11.8 Å². The number of amides is 1. The first-order chi connectivity index (χ1) is 13.7. The minimum atomic E-state index is -0.251. The summed E-state index contributed by atoms with van der Waals surface area (Å²) < 4.78 is 6.34. The van der Waals surface area contributed by atoms with Crippen molar-refractivity contribution >= 4 is 17.5 Å². The van der Waals surface area contributed by atoms with Crippen LogP contribution in [0.2, 0.25) is 5.02 Å². The van der Waals surface area contributed by atoms with Crippen LogP contribution in [0.5, 0.6) is 5.75 Å². The van der Waals surface area contributed by atoms with Crippen LogP contribution in [-0.4, -0.2) is 34.5 Å². The highest BCUT2D eigenvalue weighted by molar-refractivity contribution is 6.31. The quantitative estimate of drug-likeness (QED) is 0.749. The molecule has 5 nitrogen and oxygen atoms in total. The van der Waals surface area contributed by atoms with Gasteiger partial charge in [0.25, 0.3) is 5.91 Å². The van der Waals surface area contributed by atoms with E-state index in [9.17, 15) is 4.79 Å². The zero-order valence-electron chi connectivity index (χ0n) is 17.1. The molecular weight excluding hydrogens is 386 g/mol. The standard InChI is InChI=1S/C23H24ClN3O2/c1-22(2)20(27-11-9-18-16(19(27)28)6-5-10-26-18)23(3,4)21(22)29-15-8-7-14(13-25)17(24)12-15/h5-8,10,12,20-21H,9,11H2,1-4H3/t20-,21-. The van der Waals surface area contributed by atoms with Gasteiger partial charge in [-0.05, 0) is 24.3 Å². The SMILES string of the molecule is CC1(C)[C@H](Oc2ccc(C#N)c(Cl)c2)C(C)(C)[C@H]1N1CCc2ncccc2C1=O. The number of ether oxygens (including phenoxy) is 1. The largest absolute Gasteiger partial charge is 0.489 e. The number of nitriles is 1. The van der Waals surface area contributed by atoms with E-state index in [4.69, 9.17) is 21.6 Å². The Bertz CT molecular complexity index is 1010. The maximum absolute atomic E-state index is 13.2. The van der Waals surface area contributed by atoms with Crippen LogP contribution in [0.4, 0.5) is 0 Å². The summed E-state index contributed by atoms with van der Waals surface area (Å²) in [5.74, 6) is 0.684. The van der Waals surface area contributed by atoms with Crippen LogP contribution in [0.25, 0.3) is 0 Å². The summed E-state index contributed by atoms with van der Waals surface area (Å²) in [6.07, 6.45) is 2.40. The van der Waals surface area contributed by atoms with E-state index >= 15 is 0 Å². The van der Waals surface area contributed by atoms with Crippen LogP contribution in [0.3, 0.4) is 0 Å². The molecule has 6 heteroatoms. The average molecular weight is 410 g/mol. The third kappa shape index (κ3) is 2.98. The number of fused-ring (bicyclic) bond motifs is 1. The Morgan fingerprint density at radius 1 is 1.24 bits per heavy atom. The van der Waals surface area contributed by atoms with E-state index < -0.39 is 0 Å². The molecule has 2 heterocycles. The molecule has 1 aliphatic heterocycles. The molecule has 0 N–H and O–H groups in total. The van der Waals surface area contributed by atoms with Crippen LogP contribution in [-0.2, 0) is 6.42 Å². The minimum absolute atomic E-state index is 0.0368. The Labute approximate surface area is 176 Å². The van der Waals surface area contributed by atoms with Crippen LogP contribution in [0, 0.1) is 22.2 Å². The van der Waals surface area contributed by atoms with E-state index in [1.54, 1.807) is 24.4 Å². The lowest BCUT2D eigenvalue weighted by Gasteiger charge is -2.66. The Balaban J connectivity index is 1.60. The molecule has 0 radical (unpaired) electrons. The summed E-state index contributed by atoms with van der Waals surface area (Å²) in [6.45, 7) is 9.24.